The second-order valence-corrected chi connectivity index (χ2v) is 5.82. The van der Waals surface area contributed by atoms with E-state index in [-0.39, 0.29) is 5.91 Å². The third-order valence-electron chi connectivity index (χ3n) is 3.32. The van der Waals surface area contributed by atoms with Crippen molar-refractivity contribution in [2.75, 3.05) is 5.32 Å². The minimum Gasteiger partial charge on any atom is -0.322 e. The maximum absolute atomic E-state index is 12.1. The number of fused-ring (bicyclic) bond motifs is 1. The molecule has 0 atom stereocenters. The molecule has 1 N–H and O–H groups in total. The summed E-state index contributed by atoms with van der Waals surface area (Å²) in [5.74, 6) is -0.142. The fourth-order valence-corrected chi connectivity index (χ4v) is 2.71. The van der Waals surface area contributed by atoms with Crippen molar-refractivity contribution in [1.29, 1.82) is 0 Å². The summed E-state index contributed by atoms with van der Waals surface area (Å²) >= 11 is 3.42. The SMILES string of the molecule is O=C(C=Cc1cccc(Br)c1)Nc1cccc2ccccc12. The number of benzene rings is 3. The van der Waals surface area contributed by atoms with E-state index in [1.54, 1.807) is 12.2 Å². The van der Waals surface area contributed by atoms with E-state index in [0.717, 1.165) is 26.5 Å². The first kappa shape index (κ1) is 14.5. The lowest BCUT2D eigenvalue weighted by atomic mass is 10.1. The Morgan fingerprint density at radius 2 is 1.73 bits per heavy atom. The Balaban J connectivity index is 1.79. The van der Waals surface area contributed by atoms with Crippen molar-refractivity contribution >= 4 is 44.4 Å². The van der Waals surface area contributed by atoms with Crippen molar-refractivity contribution in [2.45, 2.75) is 0 Å². The quantitative estimate of drug-likeness (QED) is 0.641. The second-order valence-electron chi connectivity index (χ2n) is 4.90. The number of hydrogen-bond acceptors (Lipinski definition) is 1. The van der Waals surface area contributed by atoms with Gasteiger partial charge in [0.05, 0.1) is 0 Å². The molecule has 3 aromatic carbocycles. The normalized spacial score (nSPS) is 11.0. The summed E-state index contributed by atoms with van der Waals surface area (Å²) in [6.45, 7) is 0. The minimum atomic E-state index is -0.142. The van der Waals surface area contributed by atoms with Gasteiger partial charge in [0.2, 0.25) is 5.91 Å². The van der Waals surface area contributed by atoms with Crippen LogP contribution in [-0.2, 0) is 4.79 Å². The van der Waals surface area contributed by atoms with Gasteiger partial charge in [0.25, 0.3) is 0 Å². The molecule has 0 aliphatic heterocycles. The largest absolute Gasteiger partial charge is 0.322 e. The highest BCUT2D eigenvalue weighted by Crippen LogP contribution is 2.23. The molecule has 0 aliphatic carbocycles. The van der Waals surface area contributed by atoms with Crippen LogP contribution in [0.25, 0.3) is 16.8 Å². The summed E-state index contributed by atoms with van der Waals surface area (Å²) in [7, 11) is 0. The number of carbonyl (C=O) groups is 1. The van der Waals surface area contributed by atoms with E-state index in [4.69, 9.17) is 0 Å². The summed E-state index contributed by atoms with van der Waals surface area (Å²) in [5.41, 5.74) is 1.80. The number of hydrogen-bond donors (Lipinski definition) is 1. The van der Waals surface area contributed by atoms with Crippen molar-refractivity contribution in [1.82, 2.24) is 0 Å². The molecule has 22 heavy (non-hydrogen) atoms. The first-order valence-corrected chi connectivity index (χ1v) is 7.74. The Labute approximate surface area is 137 Å². The van der Waals surface area contributed by atoms with Crippen LogP contribution in [0.1, 0.15) is 5.56 Å². The molecule has 0 saturated heterocycles. The Bertz CT molecular complexity index is 849. The molecular formula is C19H14BrNO. The van der Waals surface area contributed by atoms with Crippen molar-refractivity contribution in [3.05, 3.63) is 82.8 Å². The molecule has 0 fully saturated rings. The van der Waals surface area contributed by atoms with Gasteiger partial charge in [0.15, 0.2) is 0 Å². The predicted octanol–water partition coefficient (Wildman–Crippen LogP) is 5.25. The molecule has 3 aromatic rings. The molecule has 0 aliphatic rings. The monoisotopic (exact) mass is 351 g/mol. The number of halogens is 1. The van der Waals surface area contributed by atoms with Gasteiger partial charge >= 0.3 is 0 Å². The van der Waals surface area contributed by atoms with Crippen molar-refractivity contribution in [2.24, 2.45) is 0 Å². The van der Waals surface area contributed by atoms with Gasteiger partial charge in [-0.3, -0.25) is 4.79 Å². The number of carbonyl (C=O) groups excluding carboxylic acids is 1. The topological polar surface area (TPSA) is 29.1 Å². The van der Waals surface area contributed by atoms with Crippen LogP contribution in [0.4, 0.5) is 5.69 Å². The predicted molar refractivity (Wildman–Crippen MR) is 95.8 cm³/mol. The van der Waals surface area contributed by atoms with Crippen molar-refractivity contribution in [3.8, 4) is 0 Å². The summed E-state index contributed by atoms with van der Waals surface area (Å²) in [5, 5.41) is 5.08. The third-order valence-corrected chi connectivity index (χ3v) is 3.82. The van der Waals surface area contributed by atoms with Crippen LogP contribution in [0.15, 0.2) is 77.3 Å². The second kappa shape index (κ2) is 6.58. The lowest BCUT2D eigenvalue weighted by molar-refractivity contribution is -0.111. The third kappa shape index (κ3) is 3.43. The highest BCUT2D eigenvalue weighted by Gasteiger charge is 2.02. The summed E-state index contributed by atoms with van der Waals surface area (Å²) < 4.78 is 0.990. The lowest BCUT2D eigenvalue weighted by Crippen LogP contribution is -2.07. The van der Waals surface area contributed by atoms with Crippen LogP contribution >= 0.6 is 15.9 Å². The van der Waals surface area contributed by atoms with Crippen LogP contribution in [0.5, 0.6) is 0 Å². The van der Waals surface area contributed by atoms with Gasteiger partial charge in [0.1, 0.15) is 0 Å². The van der Waals surface area contributed by atoms with Crippen LogP contribution < -0.4 is 5.32 Å². The molecule has 108 valence electrons. The first-order chi connectivity index (χ1) is 10.7. The van der Waals surface area contributed by atoms with Gasteiger partial charge in [-0.2, -0.15) is 0 Å². The molecular weight excluding hydrogens is 338 g/mol. The zero-order valence-corrected chi connectivity index (χ0v) is 13.4. The standard InChI is InChI=1S/C19H14BrNO/c20-16-8-3-5-14(13-16)11-12-19(22)21-18-10-4-7-15-6-1-2-9-17(15)18/h1-13H,(H,21,22). The van der Waals surface area contributed by atoms with Gasteiger partial charge in [-0.05, 0) is 35.2 Å². The zero-order chi connectivity index (χ0) is 15.4. The highest BCUT2D eigenvalue weighted by molar-refractivity contribution is 9.10. The average Bonchev–Trinajstić information content (AvgIpc) is 2.53. The van der Waals surface area contributed by atoms with E-state index in [1.165, 1.54) is 0 Å². The van der Waals surface area contributed by atoms with E-state index in [0.29, 0.717) is 0 Å². The maximum Gasteiger partial charge on any atom is 0.248 e. The molecule has 3 heteroatoms. The molecule has 2 nitrogen and oxygen atoms in total. The van der Waals surface area contributed by atoms with Crippen LogP contribution in [0.2, 0.25) is 0 Å². The zero-order valence-electron chi connectivity index (χ0n) is 11.8. The van der Waals surface area contributed by atoms with E-state index < -0.39 is 0 Å². The van der Waals surface area contributed by atoms with Crippen LogP contribution in [0.3, 0.4) is 0 Å². The molecule has 0 unspecified atom stereocenters. The Kier molecular flexibility index (Phi) is 4.35. The average molecular weight is 352 g/mol. The first-order valence-electron chi connectivity index (χ1n) is 6.95. The molecule has 1 amide bonds. The summed E-state index contributed by atoms with van der Waals surface area (Å²) in [4.78, 5) is 12.1. The van der Waals surface area contributed by atoms with Crippen molar-refractivity contribution < 1.29 is 4.79 Å². The van der Waals surface area contributed by atoms with Gasteiger partial charge in [-0.1, -0.05) is 64.5 Å². The molecule has 0 heterocycles. The fourth-order valence-electron chi connectivity index (χ4n) is 2.29. The lowest BCUT2D eigenvalue weighted by Gasteiger charge is -2.06. The minimum absolute atomic E-state index is 0.142. The molecule has 0 spiro atoms. The molecule has 0 radical (unpaired) electrons. The molecule has 0 saturated carbocycles. The van der Waals surface area contributed by atoms with Gasteiger partial charge in [0, 0.05) is 21.6 Å². The number of amides is 1. The Morgan fingerprint density at radius 3 is 2.59 bits per heavy atom. The molecule has 0 bridgehead atoms. The maximum atomic E-state index is 12.1. The number of rotatable bonds is 3. The van der Waals surface area contributed by atoms with Crippen molar-refractivity contribution in [3.63, 3.8) is 0 Å². The van der Waals surface area contributed by atoms with Gasteiger partial charge < -0.3 is 5.32 Å². The summed E-state index contributed by atoms with van der Waals surface area (Å²) in [6.07, 6.45) is 3.34. The number of anilines is 1. The molecule has 0 aromatic heterocycles. The van der Waals surface area contributed by atoms with E-state index in [1.807, 2.05) is 66.7 Å². The van der Waals surface area contributed by atoms with E-state index in [9.17, 15) is 4.79 Å². The fraction of sp³-hybridized carbons (Fsp3) is 0. The highest BCUT2D eigenvalue weighted by atomic mass is 79.9. The molecule has 3 rings (SSSR count). The van der Waals surface area contributed by atoms with Gasteiger partial charge in [-0.25, -0.2) is 0 Å². The van der Waals surface area contributed by atoms with E-state index >= 15 is 0 Å². The Morgan fingerprint density at radius 1 is 0.955 bits per heavy atom. The van der Waals surface area contributed by atoms with E-state index in [2.05, 4.69) is 21.2 Å². The summed E-state index contributed by atoms with van der Waals surface area (Å²) in [6, 6.07) is 21.7. The smallest absolute Gasteiger partial charge is 0.248 e. The number of nitrogens with one attached hydrogen (secondary N) is 1. The Hall–Kier alpha value is -2.39. The van der Waals surface area contributed by atoms with Crippen LogP contribution in [0, 0.1) is 0 Å². The van der Waals surface area contributed by atoms with Gasteiger partial charge in [-0.15, -0.1) is 0 Å². The van der Waals surface area contributed by atoms with Crippen LogP contribution in [-0.4, -0.2) is 5.91 Å².